The smallest absolute Gasteiger partial charge is 0.146 e. The topological polar surface area (TPSA) is 56.1 Å². The Kier molecular flexibility index (Phi) is 4.21. The third kappa shape index (κ3) is 3.24. The molecule has 0 N–H and O–H groups in total. The zero-order valence-electron chi connectivity index (χ0n) is 12.2. The first-order chi connectivity index (χ1) is 10.1. The number of nitrogens with zero attached hydrogens (tertiary/aromatic N) is 5. The van der Waals surface area contributed by atoms with Gasteiger partial charge in [0.2, 0.25) is 0 Å². The largest absolute Gasteiger partial charge is 0.488 e. The SMILES string of the molecule is Cc1nnc(CN2CCC(Oc3ccncc3Br)C2)n1C. The molecule has 7 heteroatoms. The first-order valence-electron chi connectivity index (χ1n) is 6.97. The summed E-state index contributed by atoms with van der Waals surface area (Å²) in [6.07, 6.45) is 4.73. The number of ether oxygens (including phenoxy) is 1. The highest BCUT2D eigenvalue weighted by atomic mass is 79.9. The lowest BCUT2D eigenvalue weighted by molar-refractivity contribution is 0.195. The van der Waals surface area contributed by atoms with Crippen LogP contribution in [-0.4, -0.2) is 43.8 Å². The van der Waals surface area contributed by atoms with E-state index in [0.717, 1.165) is 47.9 Å². The average Bonchev–Trinajstić information content (AvgIpc) is 3.04. The monoisotopic (exact) mass is 351 g/mol. The summed E-state index contributed by atoms with van der Waals surface area (Å²) in [6.45, 7) is 4.70. The van der Waals surface area contributed by atoms with Crippen molar-refractivity contribution >= 4 is 15.9 Å². The van der Waals surface area contributed by atoms with Gasteiger partial charge in [-0.05, 0) is 35.3 Å². The van der Waals surface area contributed by atoms with Gasteiger partial charge in [-0.25, -0.2) is 0 Å². The van der Waals surface area contributed by atoms with Crippen molar-refractivity contribution in [2.75, 3.05) is 13.1 Å². The summed E-state index contributed by atoms with van der Waals surface area (Å²) in [5.41, 5.74) is 0. The molecular formula is C14H18BrN5O. The van der Waals surface area contributed by atoms with E-state index in [1.807, 2.05) is 24.6 Å². The van der Waals surface area contributed by atoms with Gasteiger partial charge in [-0.15, -0.1) is 10.2 Å². The average molecular weight is 352 g/mol. The van der Waals surface area contributed by atoms with E-state index in [-0.39, 0.29) is 6.10 Å². The third-order valence-corrected chi connectivity index (χ3v) is 4.40. The van der Waals surface area contributed by atoms with E-state index in [9.17, 15) is 0 Å². The van der Waals surface area contributed by atoms with Crippen molar-refractivity contribution in [2.24, 2.45) is 7.05 Å². The van der Waals surface area contributed by atoms with Crippen molar-refractivity contribution in [3.63, 3.8) is 0 Å². The highest BCUT2D eigenvalue weighted by Gasteiger charge is 2.25. The quantitative estimate of drug-likeness (QED) is 0.842. The number of aryl methyl sites for hydroxylation is 1. The maximum absolute atomic E-state index is 6.04. The number of hydrogen-bond acceptors (Lipinski definition) is 5. The molecule has 0 aromatic carbocycles. The Morgan fingerprint density at radius 2 is 2.29 bits per heavy atom. The Morgan fingerprint density at radius 3 is 3.00 bits per heavy atom. The number of likely N-dealkylation sites (tertiary alicyclic amines) is 1. The molecule has 0 amide bonds. The van der Waals surface area contributed by atoms with Gasteiger partial charge in [0, 0.05) is 32.5 Å². The first kappa shape index (κ1) is 14.5. The van der Waals surface area contributed by atoms with E-state index >= 15 is 0 Å². The van der Waals surface area contributed by atoms with E-state index in [1.165, 1.54) is 0 Å². The summed E-state index contributed by atoms with van der Waals surface area (Å²) in [4.78, 5) is 6.40. The van der Waals surface area contributed by atoms with Crippen LogP contribution in [0.15, 0.2) is 22.9 Å². The van der Waals surface area contributed by atoms with Crippen LogP contribution in [0, 0.1) is 6.92 Å². The van der Waals surface area contributed by atoms with Crippen LogP contribution in [0.3, 0.4) is 0 Å². The van der Waals surface area contributed by atoms with Gasteiger partial charge in [0.1, 0.15) is 23.5 Å². The molecule has 2 aromatic rings. The van der Waals surface area contributed by atoms with Crippen molar-refractivity contribution < 1.29 is 4.74 Å². The van der Waals surface area contributed by atoms with Crippen LogP contribution < -0.4 is 4.74 Å². The molecule has 0 radical (unpaired) electrons. The molecule has 1 saturated heterocycles. The zero-order chi connectivity index (χ0) is 14.8. The van der Waals surface area contributed by atoms with Gasteiger partial charge in [-0.1, -0.05) is 0 Å². The van der Waals surface area contributed by atoms with Gasteiger partial charge in [0.05, 0.1) is 11.0 Å². The second-order valence-corrected chi connectivity index (χ2v) is 6.15. The van der Waals surface area contributed by atoms with Crippen molar-refractivity contribution in [1.82, 2.24) is 24.6 Å². The number of pyridine rings is 1. The number of halogens is 1. The van der Waals surface area contributed by atoms with Crippen LogP contribution in [0.4, 0.5) is 0 Å². The van der Waals surface area contributed by atoms with E-state index in [2.05, 4.69) is 36.0 Å². The van der Waals surface area contributed by atoms with Gasteiger partial charge >= 0.3 is 0 Å². The second-order valence-electron chi connectivity index (χ2n) is 5.29. The Morgan fingerprint density at radius 1 is 1.43 bits per heavy atom. The zero-order valence-corrected chi connectivity index (χ0v) is 13.7. The van der Waals surface area contributed by atoms with Crippen LogP contribution >= 0.6 is 15.9 Å². The molecular weight excluding hydrogens is 334 g/mol. The molecule has 1 aliphatic heterocycles. The van der Waals surface area contributed by atoms with Crippen molar-refractivity contribution in [3.05, 3.63) is 34.6 Å². The molecule has 1 fully saturated rings. The summed E-state index contributed by atoms with van der Waals surface area (Å²) in [6, 6.07) is 1.89. The van der Waals surface area contributed by atoms with Gasteiger partial charge in [-0.3, -0.25) is 9.88 Å². The van der Waals surface area contributed by atoms with E-state index in [0.29, 0.717) is 0 Å². The van der Waals surface area contributed by atoms with Gasteiger partial charge in [0.25, 0.3) is 0 Å². The van der Waals surface area contributed by atoms with Crippen LogP contribution in [-0.2, 0) is 13.6 Å². The number of aromatic nitrogens is 4. The molecule has 0 aliphatic carbocycles. The lowest BCUT2D eigenvalue weighted by Crippen LogP contribution is -2.25. The van der Waals surface area contributed by atoms with E-state index < -0.39 is 0 Å². The van der Waals surface area contributed by atoms with Crippen LogP contribution in [0.1, 0.15) is 18.1 Å². The minimum atomic E-state index is 0.207. The van der Waals surface area contributed by atoms with E-state index in [4.69, 9.17) is 4.74 Å². The maximum atomic E-state index is 6.04. The lowest BCUT2D eigenvalue weighted by atomic mass is 10.3. The lowest BCUT2D eigenvalue weighted by Gasteiger charge is -2.17. The highest BCUT2D eigenvalue weighted by Crippen LogP contribution is 2.26. The molecule has 3 rings (SSSR count). The van der Waals surface area contributed by atoms with E-state index in [1.54, 1.807) is 12.4 Å². The fourth-order valence-electron chi connectivity index (χ4n) is 2.46. The van der Waals surface area contributed by atoms with Gasteiger partial charge in [0.15, 0.2) is 0 Å². The molecule has 3 heterocycles. The highest BCUT2D eigenvalue weighted by molar-refractivity contribution is 9.10. The molecule has 112 valence electrons. The van der Waals surface area contributed by atoms with Crippen LogP contribution in [0.25, 0.3) is 0 Å². The van der Waals surface area contributed by atoms with Crippen LogP contribution in [0.5, 0.6) is 5.75 Å². The first-order valence-corrected chi connectivity index (χ1v) is 7.76. The predicted molar refractivity (Wildman–Crippen MR) is 82.0 cm³/mol. The number of rotatable bonds is 4. The Labute approximate surface area is 132 Å². The Hall–Kier alpha value is -1.47. The minimum Gasteiger partial charge on any atom is -0.488 e. The normalized spacial score (nSPS) is 19.1. The molecule has 1 unspecified atom stereocenters. The van der Waals surface area contributed by atoms with Gasteiger partial charge in [-0.2, -0.15) is 0 Å². The molecule has 1 atom stereocenters. The minimum absolute atomic E-state index is 0.207. The summed E-state index contributed by atoms with van der Waals surface area (Å²) >= 11 is 3.46. The molecule has 21 heavy (non-hydrogen) atoms. The van der Waals surface area contributed by atoms with Crippen LogP contribution in [0.2, 0.25) is 0 Å². The Bertz CT molecular complexity index is 630. The van der Waals surface area contributed by atoms with Gasteiger partial charge < -0.3 is 9.30 Å². The summed E-state index contributed by atoms with van der Waals surface area (Å²) in [7, 11) is 2.00. The standard InChI is InChI=1S/C14H18BrN5O/c1-10-17-18-14(19(10)2)9-20-6-4-11(8-20)21-13-3-5-16-7-12(13)15/h3,5,7,11H,4,6,8-9H2,1-2H3. The van der Waals surface area contributed by atoms with Crippen molar-refractivity contribution in [2.45, 2.75) is 26.0 Å². The maximum Gasteiger partial charge on any atom is 0.146 e. The molecule has 2 aromatic heterocycles. The second kappa shape index (κ2) is 6.11. The summed E-state index contributed by atoms with van der Waals surface area (Å²) in [5.74, 6) is 2.79. The molecule has 6 nitrogen and oxygen atoms in total. The molecule has 0 spiro atoms. The number of hydrogen-bond donors (Lipinski definition) is 0. The van der Waals surface area contributed by atoms with Crippen molar-refractivity contribution in [1.29, 1.82) is 0 Å². The summed E-state index contributed by atoms with van der Waals surface area (Å²) < 4.78 is 8.97. The third-order valence-electron chi connectivity index (χ3n) is 3.81. The molecule has 0 saturated carbocycles. The predicted octanol–water partition coefficient (Wildman–Crippen LogP) is 1.93. The fraction of sp³-hybridized carbons (Fsp3) is 0.500. The Balaban J connectivity index is 1.58. The molecule has 1 aliphatic rings. The summed E-state index contributed by atoms with van der Waals surface area (Å²) in [5, 5.41) is 8.32. The fourth-order valence-corrected chi connectivity index (χ4v) is 2.81. The molecule has 0 bridgehead atoms. The van der Waals surface area contributed by atoms with Crippen molar-refractivity contribution in [3.8, 4) is 5.75 Å².